The summed E-state index contributed by atoms with van der Waals surface area (Å²) >= 11 is 0. The Kier molecular flexibility index (Phi) is 4.77. The van der Waals surface area contributed by atoms with Gasteiger partial charge in [0.05, 0.1) is 25.2 Å². The summed E-state index contributed by atoms with van der Waals surface area (Å²) < 4.78 is 33.4. The third-order valence-electron chi connectivity index (χ3n) is 2.29. The molecule has 0 radical (unpaired) electrons. The summed E-state index contributed by atoms with van der Waals surface area (Å²) in [6.45, 7) is 0.194. The van der Waals surface area contributed by atoms with Gasteiger partial charge in [0, 0.05) is 24.4 Å². The lowest BCUT2D eigenvalue weighted by molar-refractivity contribution is 0.217. The van der Waals surface area contributed by atoms with Crippen LogP contribution in [-0.4, -0.2) is 35.0 Å². The van der Waals surface area contributed by atoms with Crippen molar-refractivity contribution in [2.75, 3.05) is 32.3 Å². The largest absolute Gasteiger partial charge is 0.496 e. The van der Waals surface area contributed by atoms with Crippen LogP contribution < -0.4 is 10.5 Å². The van der Waals surface area contributed by atoms with Crippen LogP contribution in [0.5, 0.6) is 5.75 Å². The maximum Gasteiger partial charge on any atom is 0.156 e. The number of rotatable bonds is 6. The van der Waals surface area contributed by atoms with Crippen LogP contribution in [0.4, 0.5) is 5.69 Å². The van der Waals surface area contributed by atoms with E-state index in [9.17, 15) is 8.42 Å². The van der Waals surface area contributed by atoms with Crippen molar-refractivity contribution in [2.24, 2.45) is 0 Å². The van der Waals surface area contributed by atoms with Crippen molar-refractivity contribution >= 4 is 15.5 Å². The van der Waals surface area contributed by atoms with Crippen molar-refractivity contribution in [3.8, 4) is 5.75 Å². The Morgan fingerprint density at radius 1 is 1.29 bits per heavy atom. The highest BCUT2D eigenvalue weighted by Crippen LogP contribution is 2.23. The topological polar surface area (TPSA) is 78.6 Å². The molecule has 0 amide bonds. The van der Waals surface area contributed by atoms with Crippen LogP contribution in [0, 0.1) is 0 Å². The van der Waals surface area contributed by atoms with Crippen LogP contribution in [0.25, 0.3) is 0 Å². The monoisotopic (exact) mass is 259 g/mol. The number of hydrogen-bond donors (Lipinski definition) is 1. The third kappa shape index (κ3) is 4.24. The summed E-state index contributed by atoms with van der Waals surface area (Å²) in [5.74, 6) is 0.419. The zero-order chi connectivity index (χ0) is 12.9. The fraction of sp³-hybridized carbons (Fsp3) is 0.455. The summed E-state index contributed by atoms with van der Waals surface area (Å²) in [5.41, 5.74) is 6.75. The molecule has 0 saturated heterocycles. The second-order valence-electron chi connectivity index (χ2n) is 3.66. The molecule has 0 aliphatic heterocycles. The van der Waals surface area contributed by atoms with E-state index in [-0.39, 0.29) is 18.1 Å². The van der Waals surface area contributed by atoms with Crippen LogP contribution in [0.3, 0.4) is 0 Å². The summed E-state index contributed by atoms with van der Waals surface area (Å²) in [4.78, 5) is 0. The summed E-state index contributed by atoms with van der Waals surface area (Å²) in [7, 11) is -0.230. The van der Waals surface area contributed by atoms with Gasteiger partial charge in [-0.3, -0.25) is 0 Å². The molecule has 0 saturated carbocycles. The van der Waals surface area contributed by atoms with E-state index in [2.05, 4.69) is 0 Å². The lowest BCUT2D eigenvalue weighted by Crippen LogP contribution is -2.14. The average Bonchev–Trinajstić information content (AvgIpc) is 2.28. The molecule has 96 valence electrons. The van der Waals surface area contributed by atoms with Crippen LogP contribution >= 0.6 is 0 Å². The van der Waals surface area contributed by atoms with E-state index in [1.54, 1.807) is 18.2 Å². The van der Waals surface area contributed by atoms with Gasteiger partial charge in [0.25, 0.3) is 0 Å². The number of nitrogens with two attached hydrogens (primary N) is 1. The van der Waals surface area contributed by atoms with Crippen molar-refractivity contribution < 1.29 is 17.9 Å². The third-order valence-corrected chi connectivity index (χ3v) is 3.82. The van der Waals surface area contributed by atoms with Gasteiger partial charge in [0.2, 0.25) is 0 Å². The first kappa shape index (κ1) is 13.8. The zero-order valence-corrected chi connectivity index (χ0v) is 10.8. The minimum Gasteiger partial charge on any atom is -0.496 e. The molecule has 0 atom stereocenters. The van der Waals surface area contributed by atoms with Gasteiger partial charge in [-0.05, 0) is 6.07 Å². The summed E-state index contributed by atoms with van der Waals surface area (Å²) in [6, 6.07) is 4.93. The summed E-state index contributed by atoms with van der Waals surface area (Å²) in [6.07, 6.45) is 0. The van der Waals surface area contributed by atoms with E-state index in [0.29, 0.717) is 17.0 Å². The van der Waals surface area contributed by atoms with Crippen molar-refractivity contribution in [3.05, 3.63) is 23.8 Å². The van der Waals surface area contributed by atoms with Crippen LogP contribution in [-0.2, 0) is 20.3 Å². The zero-order valence-electron chi connectivity index (χ0n) is 9.97. The molecular formula is C11H17NO4S. The molecule has 0 heterocycles. The number of anilines is 1. The molecule has 0 aliphatic rings. The van der Waals surface area contributed by atoms with E-state index in [4.69, 9.17) is 15.2 Å². The number of nitrogen functional groups attached to an aromatic ring is 1. The fourth-order valence-corrected chi connectivity index (χ4v) is 2.68. The minimum atomic E-state index is -3.19. The van der Waals surface area contributed by atoms with Gasteiger partial charge in [0.1, 0.15) is 5.75 Å². The Morgan fingerprint density at radius 3 is 2.59 bits per heavy atom. The molecule has 2 N–H and O–H groups in total. The van der Waals surface area contributed by atoms with Crippen molar-refractivity contribution in [1.29, 1.82) is 0 Å². The van der Waals surface area contributed by atoms with E-state index in [1.165, 1.54) is 14.2 Å². The molecule has 1 aromatic rings. The normalized spacial score (nSPS) is 11.4. The highest BCUT2D eigenvalue weighted by molar-refractivity contribution is 7.90. The van der Waals surface area contributed by atoms with Crippen molar-refractivity contribution in [2.45, 2.75) is 5.75 Å². The molecule has 6 heteroatoms. The quantitative estimate of drug-likeness (QED) is 0.766. The Balaban J connectivity index is 2.87. The summed E-state index contributed by atoms with van der Waals surface area (Å²) in [5, 5.41) is 0. The van der Waals surface area contributed by atoms with Crippen LogP contribution in [0.2, 0.25) is 0 Å². The molecule has 17 heavy (non-hydrogen) atoms. The standard InChI is InChI=1S/C11H17NO4S/c1-15-5-6-17(13,14)8-9-3-4-10(12)7-11(9)16-2/h3-4,7H,5-6,8,12H2,1-2H3. The SMILES string of the molecule is COCCS(=O)(=O)Cc1ccc(N)cc1OC. The minimum absolute atomic E-state index is 0.00295. The lowest BCUT2D eigenvalue weighted by atomic mass is 10.2. The molecule has 0 spiro atoms. The number of sulfone groups is 1. The van der Waals surface area contributed by atoms with Gasteiger partial charge in [-0.1, -0.05) is 6.07 Å². The van der Waals surface area contributed by atoms with Crippen molar-refractivity contribution in [3.63, 3.8) is 0 Å². The Bertz CT molecular complexity index is 470. The first-order valence-corrected chi connectivity index (χ1v) is 6.92. The van der Waals surface area contributed by atoms with E-state index < -0.39 is 9.84 Å². The van der Waals surface area contributed by atoms with Gasteiger partial charge in [-0.15, -0.1) is 0 Å². The highest BCUT2D eigenvalue weighted by atomic mass is 32.2. The predicted octanol–water partition coefficient (Wildman–Crippen LogP) is 0.839. The maximum atomic E-state index is 11.7. The van der Waals surface area contributed by atoms with Gasteiger partial charge in [-0.2, -0.15) is 0 Å². The Hall–Kier alpha value is -1.27. The van der Waals surface area contributed by atoms with E-state index in [1.807, 2.05) is 0 Å². The molecule has 0 aromatic heterocycles. The van der Waals surface area contributed by atoms with E-state index in [0.717, 1.165) is 0 Å². The maximum absolute atomic E-state index is 11.7. The van der Waals surface area contributed by atoms with Gasteiger partial charge in [0.15, 0.2) is 9.84 Å². The number of hydrogen-bond acceptors (Lipinski definition) is 5. The molecule has 0 fully saturated rings. The first-order valence-electron chi connectivity index (χ1n) is 5.10. The lowest BCUT2D eigenvalue weighted by Gasteiger charge is -2.09. The van der Waals surface area contributed by atoms with Gasteiger partial charge < -0.3 is 15.2 Å². The average molecular weight is 259 g/mol. The van der Waals surface area contributed by atoms with Crippen molar-refractivity contribution in [1.82, 2.24) is 0 Å². The molecule has 0 aliphatic carbocycles. The smallest absolute Gasteiger partial charge is 0.156 e. The number of methoxy groups -OCH3 is 2. The molecule has 1 rings (SSSR count). The van der Waals surface area contributed by atoms with Gasteiger partial charge in [-0.25, -0.2) is 8.42 Å². The Morgan fingerprint density at radius 2 is 2.00 bits per heavy atom. The number of benzene rings is 1. The molecule has 0 unspecified atom stereocenters. The molecule has 0 bridgehead atoms. The Labute approximate surface area is 101 Å². The first-order chi connectivity index (χ1) is 7.98. The van der Waals surface area contributed by atoms with Crippen LogP contribution in [0.15, 0.2) is 18.2 Å². The predicted molar refractivity (Wildman–Crippen MR) is 66.8 cm³/mol. The van der Waals surface area contributed by atoms with Crippen LogP contribution in [0.1, 0.15) is 5.56 Å². The highest BCUT2D eigenvalue weighted by Gasteiger charge is 2.15. The van der Waals surface area contributed by atoms with E-state index >= 15 is 0 Å². The fourth-order valence-electron chi connectivity index (χ4n) is 1.40. The molecular weight excluding hydrogens is 242 g/mol. The van der Waals surface area contributed by atoms with Gasteiger partial charge >= 0.3 is 0 Å². The molecule has 5 nitrogen and oxygen atoms in total. The second-order valence-corrected chi connectivity index (χ2v) is 5.84. The number of ether oxygens (including phenoxy) is 2. The second kappa shape index (κ2) is 5.88. The molecule has 1 aromatic carbocycles.